The molecule has 0 heterocycles. The van der Waals surface area contributed by atoms with E-state index in [0.717, 1.165) is 5.56 Å². The quantitative estimate of drug-likeness (QED) is 0.467. The average Bonchev–Trinajstić information content (AvgIpc) is 2.59. The van der Waals surface area contributed by atoms with Gasteiger partial charge in [-0.2, -0.15) is 0 Å². The molecule has 0 radical (unpaired) electrons. The van der Waals surface area contributed by atoms with Gasteiger partial charge in [-0.1, -0.05) is 36.4 Å². The number of nitro groups is 1. The van der Waals surface area contributed by atoms with Gasteiger partial charge in [0.25, 0.3) is 11.6 Å². The third-order valence-electron chi connectivity index (χ3n) is 3.30. The number of nitrogens with zero attached hydrogens (tertiary/aromatic N) is 1. The fourth-order valence-corrected chi connectivity index (χ4v) is 2.09. The smallest absolute Gasteiger partial charge is 0.269 e. The molecule has 23 heavy (non-hydrogen) atoms. The van der Waals surface area contributed by atoms with E-state index in [4.69, 9.17) is 0 Å². The fourth-order valence-electron chi connectivity index (χ4n) is 2.09. The molecule has 2 N–H and O–H groups in total. The summed E-state index contributed by atoms with van der Waals surface area (Å²) < 4.78 is 0. The summed E-state index contributed by atoms with van der Waals surface area (Å²) in [4.78, 5) is 22.3. The minimum absolute atomic E-state index is 0.0272. The first-order chi connectivity index (χ1) is 11.1. The zero-order chi connectivity index (χ0) is 16.7. The van der Waals surface area contributed by atoms with Crippen LogP contribution in [0.15, 0.2) is 67.3 Å². The highest BCUT2D eigenvalue weighted by Crippen LogP contribution is 2.20. The van der Waals surface area contributed by atoms with E-state index in [9.17, 15) is 14.9 Å². The first-order valence-corrected chi connectivity index (χ1v) is 7.08. The maximum atomic E-state index is 12.0. The van der Waals surface area contributed by atoms with Crippen LogP contribution in [0.3, 0.4) is 0 Å². The van der Waals surface area contributed by atoms with Gasteiger partial charge in [-0.3, -0.25) is 20.3 Å². The number of benzene rings is 2. The maximum absolute atomic E-state index is 12.0. The molecular formula is C17H17N3O3. The van der Waals surface area contributed by atoms with Crippen molar-refractivity contribution >= 4 is 11.6 Å². The third kappa shape index (κ3) is 4.49. The van der Waals surface area contributed by atoms with Crippen molar-refractivity contribution in [1.29, 1.82) is 0 Å². The molecule has 0 aliphatic carbocycles. The van der Waals surface area contributed by atoms with Crippen molar-refractivity contribution in [2.24, 2.45) is 0 Å². The van der Waals surface area contributed by atoms with Crippen LogP contribution < -0.4 is 10.9 Å². The number of hydrogen-bond acceptors (Lipinski definition) is 4. The molecule has 0 unspecified atom stereocenters. The van der Waals surface area contributed by atoms with Crippen molar-refractivity contribution < 1.29 is 9.72 Å². The molecule has 0 spiro atoms. The van der Waals surface area contributed by atoms with Crippen LogP contribution in [0.5, 0.6) is 0 Å². The molecule has 2 aromatic rings. The van der Waals surface area contributed by atoms with Gasteiger partial charge in [0.05, 0.1) is 11.0 Å². The SMILES string of the molecule is C=CC[C@@H](NNC(=O)c1ccccc1)c1ccc([N+](=O)[O-])cc1. The second kappa shape index (κ2) is 7.86. The van der Waals surface area contributed by atoms with Crippen molar-refractivity contribution in [2.75, 3.05) is 0 Å². The van der Waals surface area contributed by atoms with E-state index in [1.807, 2.05) is 6.07 Å². The van der Waals surface area contributed by atoms with Gasteiger partial charge in [0, 0.05) is 17.7 Å². The monoisotopic (exact) mass is 311 g/mol. The maximum Gasteiger partial charge on any atom is 0.269 e. The van der Waals surface area contributed by atoms with Gasteiger partial charge in [-0.05, 0) is 24.1 Å². The van der Waals surface area contributed by atoms with E-state index < -0.39 is 4.92 Å². The summed E-state index contributed by atoms with van der Waals surface area (Å²) in [7, 11) is 0. The van der Waals surface area contributed by atoms with E-state index in [1.54, 1.807) is 42.5 Å². The average molecular weight is 311 g/mol. The second-order valence-corrected chi connectivity index (χ2v) is 4.89. The number of carbonyl (C=O) groups is 1. The van der Waals surface area contributed by atoms with Crippen molar-refractivity contribution in [2.45, 2.75) is 12.5 Å². The van der Waals surface area contributed by atoms with Gasteiger partial charge in [0.15, 0.2) is 0 Å². The van der Waals surface area contributed by atoms with Gasteiger partial charge < -0.3 is 0 Å². The summed E-state index contributed by atoms with van der Waals surface area (Å²) in [6.45, 7) is 3.70. The van der Waals surface area contributed by atoms with Crippen LogP contribution in [0.4, 0.5) is 5.69 Å². The number of nitrogens with one attached hydrogen (secondary N) is 2. The van der Waals surface area contributed by atoms with Crippen LogP contribution in [0, 0.1) is 10.1 Å². The highest BCUT2D eigenvalue weighted by Gasteiger charge is 2.13. The van der Waals surface area contributed by atoms with Crippen LogP contribution in [0.25, 0.3) is 0 Å². The van der Waals surface area contributed by atoms with E-state index in [0.29, 0.717) is 12.0 Å². The Labute approximate surface area is 134 Å². The van der Waals surface area contributed by atoms with Crippen molar-refractivity contribution in [1.82, 2.24) is 10.9 Å². The Morgan fingerprint density at radius 3 is 2.39 bits per heavy atom. The van der Waals surface area contributed by atoms with Gasteiger partial charge in [0.1, 0.15) is 0 Å². The molecule has 0 aliphatic rings. The predicted molar refractivity (Wildman–Crippen MR) is 87.7 cm³/mol. The Morgan fingerprint density at radius 1 is 1.17 bits per heavy atom. The zero-order valence-electron chi connectivity index (χ0n) is 12.4. The fraction of sp³-hybridized carbons (Fsp3) is 0.118. The Hall–Kier alpha value is -2.99. The van der Waals surface area contributed by atoms with E-state index in [-0.39, 0.29) is 17.6 Å². The Kier molecular flexibility index (Phi) is 5.60. The number of nitro benzene ring substituents is 1. The second-order valence-electron chi connectivity index (χ2n) is 4.89. The topological polar surface area (TPSA) is 84.3 Å². The summed E-state index contributed by atoms with van der Waals surface area (Å²) in [5.41, 5.74) is 6.99. The minimum Gasteiger partial charge on any atom is -0.287 e. The lowest BCUT2D eigenvalue weighted by atomic mass is 10.0. The van der Waals surface area contributed by atoms with Crippen LogP contribution in [0.1, 0.15) is 28.4 Å². The van der Waals surface area contributed by atoms with E-state index >= 15 is 0 Å². The largest absolute Gasteiger partial charge is 0.287 e. The summed E-state index contributed by atoms with van der Waals surface area (Å²) in [5.74, 6) is -0.249. The lowest BCUT2D eigenvalue weighted by Gasteiger charge is -2.18. The molecule has 0 bridgehead atoms. The highest BCUT2D eigenvalue weighted by atomic mass is 16.6. The van der Waals surface area contributed by atoms with Crippen molar-refractivity contribution in [3.05, 3.63) is 88.5 Å². The number of hydrogen-bond donors (Lipinski definition) is 2. The van der Waals surface area contributed by atoms with Crippen LogP contribution in [0.2, 0.25) is 0 Å². The lowest BCUT2D eigenvalue weighted by Crippen LogP contribution is -2.39. The lowest BCUT2D eigenvalue weighted by molar-refractivity contribution is -0.384. The summed E-state index contributed by atoms with van der Waals surface area (Å²) >= 11 is 0. The Balaban J connectivity index is 2.05. The molecule has 0 aliphatic heterocycles. The molecule has 0 saturated heterocycles. The number of amides is 1. The van der Waals surface area contributed by atoms with Crippen LogP contribution in [-0.2, 0) is 0 Å². The van der Waals surface area contributed by atoms with Gasteiger partial charge in [0.2, 0.25) is 0 Å². The number of carbonyl (C=O) groups excluding carboxylic acids is 1. The molecule has 6 nitrogen and oxygen atoms in total. The first-order valence-electron chi connectivity index (χ1n) is 7.08. The Bertz CT molecular complexity index is 684. The molecule has 2 aromatic carbocycles. The standard InChI is InChI=1S/C17H17N3O3/c1-2-6-16(13-9-11-15(12-10-13)20(22)23)18-19-17(21)14-7-4-3-5-8-14/h2-5,7-12,16,18H,1,6H2,(H,19,21)/t16-/m1/s1. The predicted octanol–water partition coefficient (Wildman–Crippen LogP) is 3.15. The first kappa shape index (κ1) is 16.4. The Morgan fingerprint density at radius 2 is 1.83 bits per heavy atom. The van der Waals surface area contributed by atoms with Gasteiger partial charge >= 0.3 is 0 Å². The molecule has 0 aromatic heterocycles. The van der Waals surface area contributed by atoms with Gasteiger partial charge in [-0.15, -0.1) is 6.58 Å². The van der Waals surface area contributed by atoms with Gasteiger partial charge in [-0.25, -0.2) is 5.43 Å². The number of rotatable bonds is 7. The molecule has 0 fully saturated rings. The van der Waals surface area contributed by atoms with Crippen LogP contribution >= 0.6 is 0 Å². The molecule has 6 heteroatoms. The molecule has 118 valence electrons. The normalized spacial score (nSPS) is 11.5. The number of non-ortho nitro benzene ring substituents is 1. The van der Waals surface area contributed by atoms with Crippen molar-refractivity contribution in [3.63, 3.8) is 0 Å². The summed E-state index contributed by atoms with van der Waals surface area (Å²) in [6, 6.07) is 14.8. The van der Waals surface area contributed by atoms with Crippen LogP contribution in [-0.4, -0.2) is 10.8 Å². The number of hydrazine groups is 1. The molecule has 1 atom stereocenters. The van der Waals surface area contributed by atoms with E-state index in [1.165, 1.54) is 12.1 Å². The van der Waals surface area contributed by atoms with E-state index in [2.05, 4.69) is 17.4 Å². The molecule has 2 rings (SSSR count). The molecule has 0 saturated carbocycles. The summed E-state index contributed by atoms with van der Waals surface area (Å²) in [6.07, 6.45) is 2.28. The molecule has 1 amide bonds. The highest BCUT2D eigenvalue weighted by molar-refractivity contribution is 5.93. The minimum atomic E-state index is -0.448. The third-order valence-corrected chi connectivity index (χ3v) is 3.30. The zero-order valence-corrected chi connectivity index (χ0v) is 12.4. The van der Waals surface area contributed by atoms with Crippen molar-refractivity contribution in [3.8, 4) is 0 Å². The summed E-state index contributed by atoms with van der Waals surface area (Å²) in [5, 5.41) is 10.7. The molecular weight excluding hydrogens is 294 g/mol.